The van der Waals surface area contributed by atoms with E-state index in [0.29, 0.717) is 6.04 Å². The fourth-order valence-corrected chi connectivity index (χ4v) is 1.91. The first kappa shape index (κ1) is 9.33. The fourth-order valence-electron chi connectivity index (χ4n) is 1.42. The minimum atomic E-state index is 0.328. The molecular formula is C9H12N4S. The first-order chi connectivity index (χ1) is 6.61. The minimum Gasteiger partial charge on any atom is -0.330 e. The summed E-state index contributed by atoms with van der Waals surface area (Å²) in [6.07, 6.45) is 3.49. The molecule has 2 heterocycles. The number of hydrogen-bond donors (Lipinski definition) is 0. The van der Waals surface area contributed by atoms with Gasteiger partial charge in [-0.15, -0.1) is 0 Å². The third-order valence-electron chi connectivity index (χ3n) is 2.22. The van der Waals surface area contributed by atoms with E-state index in [0.717, 1.165) is 15.8 Å². The Bertz CT molecular complexity index is 523. The molecule has 0 fully saturated rings. The number of nitrogens with zero attached hydrogens (tertiary/aromatic N) is 4. The van der Waals surface area contributed by atoms with Gasteiger partial charge in [0.15, 0.2) is 5.65 Å². The summed E-state index contributed by atoms with van der Waals surface area (Å²) in [5, 5.41) is 0. The molecule has 0 aromatic carbocycles. The summed E-state index contributed by atoms with van der Waals surface area (Å²) in [5.74, 6) is 0. The normalized spacial score (nSPS) is 11.4. The van der Waals surface area contributed by atoms with Crippen LogP contribution >= 0.6 is 12.2 Å². The lowest BCUT2D eigenvalue weighted by Crippen LogP contribution is -2.05. The number of aryl methyl sites for hydroxylation is 1. The molecule has 74 valence electrons. The van der Waals surface area contributed by atoms with Gasteiger partial charge in [0.1, 0.15) is 10.2 Å². The first-order valence-electron chi connectivity index (χ1n) is 4.49. The predicted molar refractivity (Wildman–Crippen MR) is 57.7 cm³/mol. The highest BCUT2D eigenvalue weighted by atomic mass is 32.1. The SMILES string of the molecule is CC(C)n1cnc2ncn(C)c2c1=S. The predicted octanol–water partition coefficient (Wildman–Crippen LogP) is 2.08. The van der Waals surface area contributed by atoms with Gasteiger partial charge in [0.05, 0.1) is 12.7 Å². The van der Waals surface area contributed by atoms with Gasteiger partial charge < -0.3 is 9.13 Å². The third kappa shape index (κ3) is 1.24. The van der Waals surface area contributed by atoms with E-state index in [-0.39, 0.29) is 0 Å². The molecule has 0 radical (unpaired) electrons. The molecular weight excluding hydrogens is 196 g/mol. The summed E-state index contributed by atoms with van der Waals surface area (Å²) < 4.78 is 4.67. The second kappa shape index (κ2) is 3.16. The number of aromatic nitrogens is 4. The Morgan fingerprint density at radius 3 is 2.57 bits per heavy atom. The molecule has 2 aromatic rings. The fraction of sp³-hybridized carbons (Fsp3) is 0.444. The number of rotatable bonds is 1. The Morgan fingerprint density at radius 1 is 1.29 bits per heavy atom. The van der Waals surface area contributed by atoms with Crippen molar-refractivity contribution in [2.45, 2.75) is 19.9 Å². The Hall–Kier alpha value is -1.23. The van der Waals surface area contributed by atoms with E-state index in [1.165, 1.54) is 0 Å². The highest BCUT2D eigenvalue weighted by molar-refractivity contribution is 7.71. The highest BCUT2D eigenvalue weighted by Gasteiger charge is 2.06. The Morgan fingerprint density at radius 2 is 1.93 bits per heavy atom. The van der Waals surface area contributed by atoms with E-state index in [9.17, 15) is 0 Å². The standard InChI is InChI=1S/C9H12N4S/c1-6(2)13-5-11-8-7(9(13)14)12(3)4-10-8/h4-6H,1-3H3. The number of imidazole rings is 1. The van der Waals surface area contributed by atoms with Crippen LogP contribution < -0.4 is 0 Å². The lowest BCUT2D eigenvalue weighted by molar-refractivity contribution is 0.582. The summed E-state index contributed by atoms with van der Waals surface area (Å²) in [6, 6.07) is 0.328. The van der Waals surface area contributed by atoms with Crippen LogP contribution in [0.1, 0.15) is 19.9 Å². The average molecular weight is 208 g/mol. The summed E-state index contributed by atoms with van der Waals surface area (Å²) in [5.41, 5.74) is 1.64. The summed E-state index contributed by atoms with van der Waals surface area (Å²) >= 11 is 5.37. The van der Waals surface area contributed by atoms with Gasteiger partial charge >= 0.3 is 0 Å². The average Bonchev–Trinajstić information content (AvgIpc) is 2.48. The lowest BCUT2D eigenvalue weighted by Gasteiger charge is -2.10. The Kier molecular flexibility index (Phi) is 2.11. The minimum absolute atomic E-state index is 0.328. The van der Waals surface area contributed by atoms with Crippen molar-refractivity contribution in [3.8, 4) is 0 Å². The first-order valence-corrected chi connectivity index (χ1v) is 4.90. The smallest absolute Gasteiger partial charge is 0.182 e. The maximum absolute atomic E-state index is 5.37. The summed E-state index contributed by atoms with van der Waals surface area (Å²) in [7, 11) is 1.93. The molecule has 0 amide bonds. The zero-order valence-electron chi connectivity index (χ0n) is 8.43. The van der Waals surface area contributed by atoms with Crippen LogP contribution in [0.5, 0.6) is 0 Å². The van der Waals surface area contributed by atoms with Gasteiger partial charge in [0.2, 0.25) is 0 Å². The molecule has 0 atom stereocenters. The van der Waals surface area contributed by atoms with E-state index in [1.54, 1.807) is 12.7 Å². The molecule has 0 spiro atoms. The van der Waals surface area contributed by atoms with E-state index < -0.39 is 0 Å². The van der Waals surface area contributed by atoms with Crippen LogP contribution in [0.15, 0.2) is 12.7 Å². The van der Waals surface area contributed by atoms with Crippen molar-refractivity contribution in [2.24, 2.45) is 7.05 Å². The monoisotopic (exact) mass is 208 g/mol. The Labute approximate surface area is 87.2 Å². The molecule has 5 heteroatoms. The van der Waals surface area contributed by atoms with Gasteiger partial charge in [0, 0.05) is 13.1 Å². The van der Waals surface area contributed by atoms with E-state index in [1.807, 2.05) is 16.2 Å². The van der Waals surface area contributed by atoms with Gasteiger partial charge in [-0.25, -0.2) is 9.97 Å². The van der Waals surface area contributed by atoms with E-state index in [4.69, 9.17) is 12.2 Å². The van der Waals surface area contributed by atoms with Crippen LogP contribution in [-0.4, -0.2) is 19.1 Å². The molecule has 2 aromatic heterocycles. The second-order valence-electron chi connectivity index (χ2n) is 3.58. The summed E-state index contributed by atoms with van der Waals surface area (Å²) in [4.78, 5) is 8.40. The maximum Gasteiger partial charge on any atom is 0.182 e. The highest BCUT2D eigenvalue weighted by Crippen LogP contribution is 2.13. The zero-order chi connectivity index (χ0) is 10.3. The topological polar surface area (TPSA) is 35.6 Å². The Balaban J connectivity index is 2.86. The van der Waals surface area contributed by atoms with Crippen LogP contribution in [0.2, 0.25) is 0 Å². The van der Waals surface area contributed by atoms with Gasteiger partial charge in [-0.05, 0) is 13.8 Å². The van der Waals surface area contributed by atoms with Crippen molar-refractivity contribution in [3.05, 3.63) is 17.3 Å². The molecule has 0 aliphatic rings. The quantitative estimate of drug-likeness (QED) is 0.673. The third-order valence-corrected chi connectivity index (χ3v) is 2.62. The zero-order valence-corrected chi connectivity index (χ0v) is 9.25. The van der Waals surface area contributed by atoms with Gasteiger partial charge in [-0.1, -0.05) is 12.2 Å². The van der Waals surface area contributed by atoms with Crippen molar-refractivity contribution in [3.63, 3.8) is 0 Å². The van der Waals surface area contributed by atoms with Crippen molar-refractivity contribution in [1.29, 1.82) is 0 Å². The molecule has 0 aliphatic heterocycles. The van der Waals surface area contributed by atoms with Crippen LogP contribution in [0.4, 0.5) is 0 Å². The van der Waals surface area contributed by atoms with Gasteiger partial charge in [0.25, 0.3) is 0 Å². The van der Waals surface area contributed by atoms with Crippen LogP contribution in [-0.2, 0) is 7.05 Å². The molecule has 0 bridgehead atoms. The van der Waals surface area contributed by atoms with Crippen molar-refractivity contribution >= 4 is 23.4 Å². The molecule has 4 nitrogen and oxygen atoms in total. The van der Waals surface area contributed by atoms with Crippen molar-refractivity contribution < 1.29 is 0 Å². The van der Waals surface area contributed by atoms with E-state index >= 15 is 0 Å². The molecule has 2 rings (SSSR count). The molecule has 0 saturated heterocycles. The van der Waals surface area contributed by atoms with Gasteiger partial charge in [-0.2, -0.15) is 0 Å². The van der Waals surface area contributed by atoms with Crippen LogP contribution in [0.25, 0.3) is 11.2 Å². The summed E-state index contributed by atoms with van der Waals surface area (Å²) in [6.45, 7) is 4.17. The van der Waals surface area contributed by atoms with Gasteiger partial charge in [-0.3, -0.25) is 0 Å². The van der Waals surface area contributed by atoms with Crippen LogP contribution in [0.3, 0.4) is 0 Å². The molecule has 14 heavy (non-hydrogen) atoms. The largest absolute Gasteiger partial charge is 0.330 e. The molecule has 0 saturated carbocycles. The number of hydrogen-bond acceptors (Lipinski definition) is 3. The number of fused-ring (bicyclic) bond motifs is 1. The van der Waals surface area contributed by atoms with Crippen molar-refractivity contribution in [2.75, 3.05) is 0 Å². The molecule has 0 aliphatic carbocycles. The second-order valence-corrected chi connectivity index (χ2v) is 3.97. The van der Waals surface area contributed by atoms with Crippen molar-refractivity contribution in [1.82, 2.24) is 19.1 Å². The molecule has 0 unspecified atom stereocenters. The lowest BCUT2D eigenvalue weighted by atomic mass is 10.4. The maximum atomic E-state index is 5.37. The van der Waals surface area contributed by atoms with E-state index in [2.05, 4.69) is 23.8 Å². The van der Waals surface area contributed by atoms with Crippen LogP contribution in [0, 0.1) is 4.64 Å². The molecule has 0 N–H and O–H groups in total.